The Labute approximate surface area is 112 Å². The molecule has 0 unspecified atom stereocenters. The summed E-state index contributed by atoms with van der Waals surface area (Å²) in [6, 6.07) is 1.50. The topological polar surface area (TPSA) is 67.2 Å². The SMILES string of the molecule is C[C@H]1C(=O)NCCCN1C(=O)CCCn1cccn1. The Balaban J connectivity index is 1.82. The fourth-order valence-electron chi connectivity index (χ4n) is 2.25. The van der Waals surface area contributed by atoms with Gasteiger partial charge in [-0.25, -0.2) is 0 Å². The van der Waals surface area contributed by atoms with Crippen molar-refractivity contribution in [1.29, 1.82) is 0 Å². The molecule has 0 saturated carbocycles. The van der Waals surface area contributed by atoms with Gasteiger partial charge in [0.2, 0.25) is 11.8 Å². The van der Waals surface area contributed by atoms with Gasteiger partial charge in [0.15, 0.2) is 0 Å². The highest BCUT2D eigenvalue weighted by atomic mass is 16.2. The molecular formula is C13H20N4O2. The second-order valence-corrected chi connectivity index (χ2v) is 4.78. The minimum absolute atomic E-state index is 0.0525. The quantitative estimate of drug-likeness (QED) is 0.856. The lowest BCUT2D eigenvalue weighted by Gasteiger charge is -2.25. The van der Waals surface area contributed by atoms with E-state index in [2.05, 4.69) is 10.4 Å². The largest absolute Gasteiger partial charge is 0.354 e. The standard InChI is InChI=1S/C13H20N4O2/c1-11-13(19)14-6-3-10-17(11)12(18)5-2-8-16-9-4-7-15-16/h4,7,9,11H,2-3,5-6,8,10H2,1H3,(H,14,19)/t11-/m0/s1. The first kappa shape index (κ1) is 13.6. The molecule has 1 N–H and O–H groups in total. The van der Waals surface area contributed by atoms with Gasteiger partial charge < -0.3 is 10.2 Å². The molecule has 19 heavy (non-hydrogen) atoms. The number of rotatable bonds is 4. The van der Waals surface area contributed by atoms with Crippen LogP contribution in [0.4, 0.5) is 0 Å². The molecule has 0 aromatic carbocycles. The first-order chi connectivity index (χ1) is 9.18. The van der Waals surface area contributed by atoms with Gasteiger partial charge in [-0.3, -0.25) is 14.3 Å². The first-order valence-corrected chi connectivity index (χ1v) is 6.73. The van der Waals surface area contributed by atoms with Crippen LogP contribution in [0.3, 0.4) is 0 Å². The van der Waals surface area contributed by atoms with Crippen molar-refractivity contribution in [1.82, 2.24) is 20.0 Å². The predicted molar refractivity (Wildman–Crippen MR) is 70.3 cm³/mol. The number of nitrogens with one attached hydrogen (secondary N) is 1. The maximum absolute atomic E-state index is 12.2. The van der Waals surface area contributed by atoms with Gasteiger partial charge in [-0.1, -0.05) is 0 Å². The Bertz CT molecular complexity index is 430. The van der Waals surface area contributed by atoms with Gasteiger partial charge in [0.25, 0.3) is 0 Å². The number of nitrogens with zero attached hydrogens (tertiary/aromatic N) is 3. The van der Waals surface area contributed by atoms with E-state index in [0.29, 0.717) is 19.5 Å². The van der Waals surface area contributed by atoms with Gasteiger partial charge in [-0.05, 0) is 25.8 Å². The zero-order chi connectivity index (χ0) is 13.7. The molecule has 2 rings (SSSR count). The van der Waals surface area contributed by atoms with Gasteiger partial charge >= 0.3 is 0 Å². The van der Waals surface area contributed by atoms with Crippen molar-refractivity contribution >= 4 is 11.8 Å². The summed E-state index contributed by atoms with van der Waals surface area (Å²) in [4.78, 5) is 25.5. The van der Waals surface area contributed by atoms with Crippen molar-refractivity contribution in [2.24, 2.45) is 0 Å². The number of hydrogen-bond acceptors (Lipinski definition) is 3. The van der Waals surface area contributed by atoms with Crippen molar-refractivity contribution in [3.05, 3.63) is 18.5 Å². The summed E-state index contributed by atoms with van der Waals surface area (Å²) >= 11 is 0. The van der Waals surface area contributed by atoms with Crippen LogP contribution >= 0.6 is 0 Å². The Morgan fingerprint density at radius 1 is 1.58 bits per heavy atom. The number of aryl methyl sites for hydroxylation is 1. The van der Waals surface area contributed by atoms with E-state index in [-0.39, 0.29) is 17.9 Å². The van der Waals surface area contributed by atoms with Crippen LogP contribution in [0.5, 0.6) is 0 Å². The van der Waals surface area contributed by atoms with Crippen LogP contribution in [0, 0.1) is 0 Å². The highest BCUT2D eigenvalue weighted by Gasteiger charge is 2.27. The Hall–Kier alpha value is -1.85. The normalized spacial score (nSPS) is 19.9. The van der Waals surface area contributed by atoms with E-state index in [4.69, 9.17) is 0 Å². The third-order valence-electron chi connectivity index (χ3n) is 3.38. The molecule has 1 saturated heterocycles. The molecule has 0 bridgehead atoms. The maximum atomic E-state index is 12.2. The van der Waals surface area contributed by atoms with E-state index < -0.39 is 0 Å². The molecule has 1 aromatic heterocycles. The van der Waals surface area contributed by atoms with Gasteiger partial charge in [0, 0.05) is 38.4 Å². The molecular weight excluding hydrogens is 244 g/mol. The highest BCUT2D eigenvalue weighted by Crippen LogP contribution is 2.09. The van der Waals surface area contributed by atoms with E-state index in [1.54, 1.807) is 18.0 Å². The Morgan fingerprint density at radius 3 is 3.16 bits per heavy atom. The third-order valence-corrected chi connectivity index (χ3v) is 3.38. The van der Waals surface area contributed by atoms with E-state index >= 15 is 0 Å². The fraction of sp³-hybridized carbons (Fsp3) is 0.615. The van der Waals surface area contributed by atoms with E-state index in [1.165, 1.54) is 0 Å². The van der Waals surface area contributed by atoms with Gasteiger partial charge in [-0.2, -0.15) is 5.10 Å². The molecule has 1 fully saturated rings. The van der Waals surface area contributed by atoms with Crippen molar-refractivity contribution in [3.63, 3.8) is 0 Å². The molecule has 0 radical (unpaired) electrons. The molecule has 0 spiro atoms. The lowest BCUT2D eigenvalue weighted by molar-refractivity contribution is -0.138. The van der Waals surface area contributed by atoms with E-state index in [1.807, 2.05) is 16.9 Å². The first-order valence-electron chi connectivity index (χ1n) is 6.73. The zero-order valence-corrected chi connectivity index (χ0v) is 11.2. The van der Waals surface area contributed by atoms with Crippen LogP contribution in [-0.4, -0.2) is 45.6 Å². The zero-order valence-electron chi connectivity index (χ0n) is 11.2. The van der Waals surface area contributed by atoms with Crippen molar-refractivity contribution < 1.29 is 9.59 Å². The number of amides is 2. The number of aromatic nitrogens is 2. The molecule has 6 heteroatoms. The molecule has 1 aliphatic heterocycles. The summed E-state index contributed by atoms with van der Waals surface area (Å²) in [6.45, 7) is 3.82. The average Bonchev–Trinajstić information content (AvgIpc) is 2.85. The van der Waals surface area contributed by atoms with Crippen molar-refractivity contribution in [3.8, 4) is 0 Å². The fourth-order valence-corrected chi connectivity index (χ4v) is 2.25. The molecule has 2 heterocycles. The minimum atomic E-state index is -0.361. The Morgan fingerprint density at radius 2 is 2.42 bits per heavy atom. The van der Waals surface area contributed by atoms with Gasteiger partial charge in [0.1, 0.15) is 6.04 Å². The number of carbonyl (C=O) groups is 2. The molecule has 0 aliphatic carbocycles. The van der Waals surface area contributed by atoms with Crippen LogP contribution in [0.15, 0.2) is 18.5 Å². The van der Waals surface area contributed by atoms with Gasteiger partial charge in [-0.15, -0.1) is 0 Å². The average molecular weight is 264 g/mol. The summed E-state index contributed by atoms with van der Waals surface area (Å²) in [6.07, 6.45) is 5.62. The monoisotopic (exact) mass is 264 g/mol. The molecule has 104 valence electrons. The summed E-state index contributed by atoms with van der Waals surface area (Å²) < 4.78 is 1.81. The molecule has 1 atom stereocenters. The second-order valence-electron chi connectivity index (χ2n) is 4.78. The second kappa shape index (κ2) is 6.36. The summed E-state index contributed by atoms with van der Waals surface area (Å²) in [5.74, 6) is -0.00497. The minimum Gasteiger partial charge on any atom is -0.354 e. The lowest BCUT2D eigenvalue weighted by Crippen LogP contribution is -2.45. The summed E-state index contributed by atoms with van der Waals surface area (Å²) in [5, 5.41) is 6.91. The Kier molecular flexibility index (Phi) is 4.54. The van der Waals surface area contributed by atoms with E-state index in [9.17, 15) is 9.59 Å². The smallest absolute Gasteiger partial charge is 0.242 e. The predicted octanol–water partition coefficient (Wildman–Crippen LogP) is 0.400. The molecule has 6 nitrogen and oxygen atoms in total. The lowest BCUT2D eigenvalue weighted by atomic mass is 10.2. The number of carbonyl (C=O) groups excluding carboxylic acids is 2. The molecule has 1 aromatic rings. The van der Waals surface area contributed by atoms with Crippen LogP contribution in [-0.2, 0) is 16.1 Å². The van der Waals surface area contributed by atoms with Crippen LogP contribution < -0.4 is 5.32 Å². The van der Waals surface area contributed by atoms with E-state index in [0.717, 1.165) is 19.4 Å². The third kappa shape index (κ3) is 3.56. The summed E-state index contributed by atoms with van der Waals surface area (Å²) in [7, 11) is 0. The van der Waals surface area contributed by atoms with Crippen LogP contribution in [0.25, 0.3) is 0 Å². The molecule has 2 amide bonds. The van der Waals surface area contributed by atoms with Crippen LogP contribution in [0.2, 0.25) is 0 Å². The maximum Gasteiger partial charge on any atom is 0.242 e. The summed E-state index contributed by atoms with van der Waals surface area (Å²) in [5.41, 5.74) is 0. The van der Waals surface area contributed by atoms with Crippen molar-refractivity contribution in [2.45, 2.75) is 38.8 Å². The van der Waals surface area contributed by atoms with Crippen molar-refractivity contribution in [2.75, 3.05) is 13.1 Å². The van der Waals surface area contributed by atoms with Crippen LogP contribution in [0.1, 0.15) is 26.2 Å². The van der Waals surface area contributed by atoms with Gasteiger partial charge in [0.05, 0.1) is 0 Å². The number of hydrogen-bond donors (Lipinski definition) is 1. The highest BCUT2D eigenvalue weighted by molar-refractivity contribution is 5.87. The molecule has 1 aliphatic rings.